The van der Waals surface area contributed by atoms with Gasteiger partial charge in [0.15, 0.2) is 17.5 Å². The number of rotatable bonds is 6. The van der Waals surface area contributed by atoms with Gasteiger partial charge in [0.25, 0.3) is 0 Å². The summed E-state index contributed by atoms with van der Waals surface area (Å²) in [5, 5.41) is 2.08. The Hall–Kier alpha value is -5.94. The maximum atomic E-state index is 6.54. The van der Waals surface area contributed by atoms with Gasteiger partial charge in [-0.2, -0.15) is 0 Å². The molecule has 230 valence electrons. The fourth-order valence-corrected chi connectivity index (χ4v) is 6.98. The molecule has 48 heavy (non-hydrogen) atoms. The number of furan rings is 1. The Kier molecular flexibility index (Phi) is 7.08. The summed E-state index contributed by atoms with van der Waals surface area (Å²) < 4.78 is 6.54. The third-order valence-electron chi connectivity index (χ3n) is 9.53. The molecule has 0 aliphatic heterocycles. The molecule has 1 saturated carbocycles. The molecule has 3 aromatic heterocycles. The molecular weight excluding hydrogens is 589 g/mol. The standard InChI is InChI=1S/C43H32N4O/c1-3-13-31(14-4-1)41-45-42(32-15-5-2-6-16-32)47-43(46-41)37-26-34(25-36-35-17-9-10-18-39(35)48-40(36)37)29-21-19-28(20-22-29)33-23-24-38(44-27-33)30-11-7-8-12-30/h1-6,9-10,13-27,30H,7-8,11-12H2. The lowest BCUT2D eigenvalue weighted by Crippen LogP contribution is -2.00. The first kappa shape index (κ1) is 28.3. The fraction of sp³-hybridized carbons (Fsp3) is 0.116. The van der Waals surface area contributed by atoms with Gasteiger partial charge in [0.1, 0.15) is 11.2 Å². The Labute approximate surface area is 279 Å². The molecule has 1 aliphatic rings. The predicted octanol–water partition coefficient (Wildman–Crippen LogP) is 11.2. The average molecular weight is 621 g/mol. The average Bonchev–Trinajstić information content (AvgIpc) is 3.84. The summed E-state index contributed by atoms with van der Waals surface area (Å²) in [5.74, 6) is 2.41. The Morgan fingerprint density at radius 2 is 1.06 bits per heavy atom. The first-order valence-corrected chi connectivity index (χ1v) is 16.7. The predicted molar refractivity (Wildman–Crippen MR) is 193 cm³/mol. The summed E-state index contributed by atoms with van der Waals surface area (Å²) in [5.41, 5.74) is 9.94. The van der Waals surface area contributed by atoms with Gasteiger partial charge in [0, 0.05) is 45.3 Å². The number of para-hydroxylation sites is 1. The molecule has 0 N–H and O–H groups in total. The third-order valence-corrected chi connectivity index (χ3v) is 9.53. The van der Waals surface area contributed by atoms with Crippen LogP contribution in [0, 0.1) is 0 Å². The highest BCUT2D eigenvalue weighted by Gasteiger charge is 2.20. The van der Waals surface area contributed by atoms with E-state index in [1.54, 1.807) is 0 Å². The van der Waals surface area contributed by atoms with Crippen LogP contribution in [0.25, 0.3) is 78.4 Å². The van der Waals surface area contributed by atoms with Crippen LogP contribution in [0.15, 0.2) is 144 Å². The zero-order valence-electron chi connectivity index (χ0n) is 26.4. The quantitative estimate of drug-likeness (QED) is 0.185. The molecule has 0 amide bonds. The first-order chi connectivity index (χ1) is 23.8. The Bertz CT molecular complexity index is 2320. The maximum Gasteiger partial charge on any atom is 0.167 e. The Morgan fingerprint density at radius 1 is 0.479 bits per heavy atom. The largest absolute Gasteiger partial charge is 0.455 e. The van der Waals surface area contributed by atoms with E-state index in [1.165, 1.54) is 31.4 Å². The van der Waals surface area contributed by atoms with E-state index in [0.29, 0.717) is 23.4 Å². The van der Waals surface area contributed by atoms with Crippen molar-refractivity contribution in [3.8, 4) is 56.4 Å². The molecule has 5 heteroatoms. The van der Waals surface area contributed by atoms with Crippen LogP contribution in [0.3, 0.4) is 0 Å². The minimum atomic E-state index is 0.568. The number of benzene rings is 5. The highest BCUT2D eigenvalue weighted by atomic mass is 16.3. The molecule has 8 aromatic rings. The Balaban J connectivity index is 1.18. The van der Waals surface area contributed by atoms with Crippen LogP contribution in [0.5, 0.6) is 0 Å². The monoisotopic (exact) mass is 620 g/mol. The van der Waals surface area contributed by atoms with Crippen molar-refractivity contribution >= 4 is 21.9 Å². The number of pyridine rings is 1. The molecule has 0 spiro atoms. The van der Waals surface area contributed by atoms with E-state index in [2.05, 4.69) is 60.7 Å². The summed E-state index contributed by atoms with van der Waals surface area (Å²) in [6.45, 7) is 0. The second-order valence-electron chi connectivity index (χ2n) is 12.6. The van der Waals surface area contributed by atoms with Crippen molar-refractivity contribution in [3.63, 3.8) is 0 Å². The molecular formula is C43H32N4O. The van der Waals surface area contributed by atoms with Crippen LogP contribution < -0.4 is 0 Å². The molecule has 3 heterocycles. The third kappa shape index (κ3) is 5.23. The van der Waals surface area contributed by atoms with Gasteiger partial charge in [-0.25, -0.2) is 15.0 Å². The van der Waals surface area contributed by atoms with Gasteiger partial charge < -0.3 is 4.42 Å². The van der Waals surface area contributed by atoms with Crippen LogP contribution in [0.2, 0.25) is 0 Å². The number of hydrogen-bond acceptors (Lipinski definition) is 5. The zero-order valence-corrected chi connectivity index (χ0v) is 26.4. The minimum absolute atomic E-state index is 0.568. The summed E-state index contributed by atoms with van der Waals surface area (Å²) in [7, 11) is 0. The molecule has 0 atom stereocenters. The van der Waals surface area contributed by atoms with Gasteiger partial charge in [0.2, 0.25) is 0 Å². The maximum absolute atomic E-state index is 6.54. The van der Waals surface area contributed by atoms with E-state index in [4.69, 9.17) is 24.4 Å². The van der Waals surface area contributed by atoms with Crippen molar-refractivity contribution in [2.45, 2.75) is 31.6 Å². The molecule has 5 nitrogen and oxygen atoms in total. The lowest BCUT2D eigenvalue weighted by atomic mass is 9.96. The van der Waals surface area contributed by atoms with E-state index >= 15 is 0 Å². The second-order valence-corrected chi connectivity index (χ2v) is 12.6. The van der Waals surface area contributed by atoms with Crippen LogP contribution in [-0.4, -0.2) is 19.9 Å². The first-order valence-electron chi connectivity index (χ1n) is 16.7. The highest BCUT2D eigenvalue weighted by molar-refractivity contribution is 6.11. The summed E-state index contributed by atoms with van der Waals surface area (Å²) in [6.07, 6.45) is 7.16. The number of aromatic nitrogens is 4. The van der Waals surface area contributed by atoms with Crippen LogP contribution >= 0.6 is 0 Å². The SMILES string of the molecule is c1ccc(-c2nc(-c3ccccc3)nc(-c3cc(-c4ccc(-c5ccc(C6CCCC6)nc5)cc4)cc4c3oc3ccccc34)n2)cc1. The number of hydrogen-bond donors (Lipinski definition) is 0. The van der Waals surface area contributed by atoms with Crippen molar-refractivity contribution in [3.05, 3.63) is 145 Å². The van der Waals surface area contributed by atoms with Gasteiger partial charge in [-0.3, -0.25) is 4.98 Å². The van der Waals surface area contributed by atoms with E-state index in [1.807, 2.05) is 79.0 Å². The highest BCUT2D eigenvalue weighted by Crippen LogP contribution is 2.40. The van der Waals surface area contributed by atoms with Gasteiger partial charge in [-0.1, -0.05) is 122 Å². The normalized spacial score (nSPS) is 13.4. The van der Waals surface area contributed by atoms with Crippen molar-refractivity contribution in [2.75, 3.05) is 0 Å². The van der Waals surface area contributed by atoms with Gasteiger partial charge in [-0.05, 0) is 53.8 Å². The molecule has 1 aliphatic carbocycles. The van der Waals surface area contributed by atoms with Gasteiger partial charge in [0.05, 0.1) is 5.56 Å². The molecule has 0 radical (unpaired) electrons. The van der Waals surface area contributed by atoms with E-state index in [9.17, 15) is 0 Å². The Morgan fingerprint density at radius 3 is 1.71 bits per heavy atom. The number of nitrogens with zero attached hydrogens (tertiary/aromatic N) is 4. The molecule has 0 unspecified atom stereocenters. The van der Waals surface area contributed by atoms with E-state index < -0.39 is 0 Å². The molecule has 5 aromatic carbocycles. The number of fused-ring (bicyclic) bond motifs is 3. The summed E-state index contributed by atoms with van der Waals surface area (Å²) >= 11 is 0. The fourth-order valence-electron chi connectivity index (χ4n) is 6.98. The molecule has 0 bridgehead atoms. The van der Waals surface area contributed by atoms with Crippen molar-refractivity contribution in [1.29, 1.82) is 0 Å². The van der Waals surface area contributed by atoms with E-state index in [-0.39, 0.29) is 0 Å². The van der Waals surface area contributed by atoms with Crippen LogP contribution in [-0.2, 0) is 0 Å². The molecule has 1 fully saturated rings. The second kappa shape index (κ2) is 12.0. The van der Waals surface area contributed by atoms with Crippen molar-refractivity contribution < 1.29 is 4.42 Å². The zero-order chi connectivity index (χ0) is 31.9. The topological polar surface area (TPSA) is 64.7 Å². The van der Waals surface area contributed by atoms with E-state index in [0.717, 1.165) is 60.9 Å². The van der Waals surface area contributed by atoms with Gasteiger partial charge in [-0.15, -0.1) is 0 Å². The summed E-state index contributed by atoms with van der Waals surface area (Å²) in [6, 6.07) is 45.8. The van der Waals surface area contributed by atoms with Crippen molar-refractivity contribution in [1.82, 2.24) is 19.9 Å². The van der Waals surface area contributed by atoms with Crippen molar-refractivity contribution in [2.24, 2.45) is 0 Å². The summed E-state index contributed by atoms with van der Waals surface area (Å²) in [4.78, 5) is 19.9. The van der Waals surface area contributed by atoms with Crippen LogP contribution in [0.1, 0.15) is 37.3 Å². The van der Waals surface area contributed by atoms with Crippen LogP contribution in [0.4, 0.5) is 0 Å². The lowest BCUT2D eigenvalue weighted by Gasteiger charge is -2.11. The minimum Gasteiger partial charge on any atom is -0.455 e. The molecule has 0 saturated heterocycles. The van der Waals surface area contributed by atoms with Gasteiger partial charge >= 0.3 is 0 Å². The molecule has 9 rings (SSSR count). The lowest BCUT2D eigenvalue weighted by molar-refractivity contribution is 0.669. The smallest absolute Gasteiger partial charge is 0.167 e.